The second kappa shape index (κ2) is 5.98. The van der Waals surface area contributed by atoms with Gasteiger partial charge in [-0.3, -0.25) is 14.3 Å². The third-order valence-electron chi connectivity index (χ3n) is 4.46. The summed E-state index contributed by atoms with van der Waals surface area (Å²) in [5, 5.41) is 7.42. The molecular formula is C17H18N4O2S. The van der Waals surface area contributed by atoms with Crippen molar-refractivity contribution in [1.82, 2.24) is 9.78 Å². The molecule has 0 atom stereocenters. The number of benzene rings is 1. The van der Waals surface area contributed by atoms with Crippen LogP contribution >= 0.6 is 11.8 Å². The number of aryl methyl sites for hydroxylation is 1. The quantitative estimate of drug-likeness (QED) is 0.931. The zero-order valence-electron chi connectivity index (χ0n) is 13.4. The first kappa shape index (κ1) is 15.3. The molecule has 24 heavy (non-hydrogen) atoms. The summed E-state index contributed by atoms with van der Waals surface area (Å²) in [5.74, 6) is 2.55. The number of hydrogen-bond acceptors (Lipinski definition) is 4. The molecule has 0 spiro atoms. The minimum atomic E-state index is -0.156. The van der Waals surface area contributed by atoms with Gasteiger partial charge in [0.05, 0.1) is 5.69 Å². The van der Waals surface area contributed by atoms with E-state index < -0.39 is 0 Å². The van der Waals surface area contributed by atoms with Gasteiger partial charge >= 0.3 is 0 Å². The van der Waals surface area contributed by atoms with E-state index in [1.54, 1.807) is 33.5 Å². The molecule has 2 aliphatic heterocycles. The van der Waals surface area contributed by atoms with E-state index in [2.05, 4.69) is 10.4 Å². The predicted molar refractivity (Wildman–Crippen MR) is 94.2 cm³/mol. The summed E-state index contributed by atoms with van der Waals surface area (Å²) in [6.07, 6.45) is 1.50. The van der Waals surface area contributed by atoms with Gasteiger partial charge in [0.1, 0.15) is 5.82 Å². The molecule has 2 aliphatic rings. The van der Waals surface area contributed by atoms with Crippen LogP contribution in [0, 0.1) is 0 Å². The summed E-state index contributed by atoms with van der Waals surface area (Å²) in [4.78, 5) is 26.1. The minimum absolute atomic E-state index is 0.148. The van der Waals surface area contributed by atoms with Crippen molar-refractivity contribution in [2.45, 2.75) is 24.3 Å². The fourth-order valence-corrected chi connectivity index (χ4v) is 4.23. The van der Waals surface area contributed by atoms with Crippen LogP contribution in [-0.2, 0) is 23.3 Å². The van der Waals surface area contributed by atoms with Crippen LogP contribution in [0.1, 0.15) is 34.5 Å². The SMILES string of the molecule is Cn1nc2c(c1NC(=O)c1ccc(N3CCCC3=O)cc1)CSC2. The van der Waals surface area contributed by atoms with Crippen LogP contribution in [0.4, 0.5) is 11.5 Å². The minimum Gasteiger partial charge on any atom is -0.312 e. The van der Waals surface area contributed by atoms with Gasteiger partial charge in [-0.1, -0.05) is 0 Å². The average Bonchev–Trinajstić information content (AvgIpc) is 3.26. The third kappa shape index (κ3) is 2.58. The van der Waals surface area contributed by atoms with E-state index in [1.807, 2.05) is 19.2 Å². The van der Waals surface area contributed by atoms with Gasteiger partial charge in [0.25, 0.3) is 5.91 Å². The van der Waals surface area contributed by atoms with Crippen molar-refractivity contribution in [1.29, 1.82) is 0 Å². The Hall–Kier alpha value is -2.28. The molecule has 0 bridgehead atoms. The van der Waals surface area contributed by atoms with Crippen molar-refractivity contribution in [2.75, 3.05) is 16.8 Å². The normalized spacial score (nSPS) is 16.5. The number of anilines is 2. The molecule has 1 saturated heterocycles. The molecule has 4 rings (SSSR count). The first-order chi connectivity index (χ1) is 11.6. The maximum absolute atomic E-state index is 12.5. The number of amides is 2. The average molecular weight is 342 g/mol. The number of hydrogen-bond donors (Lipinski definition) is 1. The van der Waals surface area contributed by atoms with E-state index in [1.165, 1.54) is 0 Å². The maximum Gasteiger partial charge on any atom is 0.256 e. The van der Waals surface area contributed by atoms with Gasteiger partial charge in [-0.25, -0.2) is 0 Å². The maximum atomic E-state index is 12.5. The number of aromatic nitrogens is 2. The summed E-state index contributed by atoms with van der Waals surface area (Å²) in [6.45, 7) is 0.753. The number of carbonyl (C=O) groups is 2. The molecule has 0 aliphatic carbocycles. The van der Waals surface area contributed by atoms with Crippen LogP contribution in [0.15, 0.2) is 24.3 Å². The second-order valence-electron chi connectivity index (χ2n) is 6.04. The summed E-state index contributed by atoms with van der Waals surface area (Å²) >= 11 is 1.81. The lowest BCUT2D eigenvalue weighted by Crippen LogP contribution is -2.23. The first-order valence-electron chi connectivity index (χ1n) is 7.98. The molecule has 1 fully saturated rings. The molecule has 1 aromatic carbocycles. The van der Waals surface area contributed by atoms with Crippen molar-refractivity contribution >= 4 is 35.1 Å². The second-order valence-corrected chi connectivity index (χ2v) is 7.03. The Labute approximate surface area is 144 Å². The van der Waals surface area contributed by atoms with E-state index in [4.69, 9.17) is 0 Å². The highest BCUT2D eigenvalue weighted by atomic mass is 32.2. The van der Waals surface area contributed by atoms with Gasteiger partial charge in [0.2, 0.25) is 5.91 Å². The lowest BCUT2D eigenvalue weighted by Gasteiger charge is -2.16. The molecule has 124 valence electrons. The van der Waals surface area contributed by atoms with Crippen LogP contribution in [0.5, 0.6) is 0 Å². The Kier molecular flexibility index (Phi) is 3.80. The number of carbonyl (C=O) groups excluding carboxylic acids is 2. The number of thioether (sulfide) groups is 1. The molecule has 2 aromatic rings. The van der Waals surface area contributed by atoms with E-state index >= 15 is 0 Å². The topological polar surface area (TPSA) is 67.2 Å². The molecule has 3 heterocycles. The van der Waals surface area contributed by atoms with Gasteiger partial charge < -0.3 is 10.2 Å². The Morgan fingerprint density at radius 1 is 1.25 bits per heavy atom. The lowest BCUT2D eigenvalue weighted by atomic mass is 10.1. The van der Waals surface area contributed by atoms with Gasteiger partial charge in [0.15, 0.2) is 0 Å². The largest absolute Gasteiger partial charge is 0.312 e. The summed E-state index contributed by atoms with van der Waals surface area (Å²) < 4.78 is 1.74. The van der Waals surface area contributed by atoms with Crippen LogP contribution in [0.2, 0.25) is 0 Å². The summed E-state index contributed by atoms with van der Waals surface area (Å²) in [7, 11) is 1.85. The zero-order chi connectivity index (χ0) is 16.7. The number of rotatable bonds is 3. The molecule has 1 N–H and O–H groups in total. The van der Waals surface area contributed by atoms with E-state index in [0.29, 0.717) is 12.0 Å². The first-order valence-corrected chi connectivity index (χ1v) is 9.13. The summed E-state index contributed by atoms with van der Waals surface area (Å²) in [5.41, 5.74) is 3.61. The van der Waals surface area contributed by atoms with Gasteiger partial charge in [-0.15, -0.1) is 0 Å². The van der Waals surface area contributed by atoms with Crippen molar-refractivity contribution in [3.05, 3.63) is 41.1 Å². The number of fused-ring (bicyclic) bond motifs is 1. The highest BCUT2D eigenvalue weighted by Gasteiger charge is 2.24. The van der Waals surface area contributed by atoms with E-state index in [-0.39, 0.29) is 11.8 Å². The van der Waals surface area contributed by atoms with Crippen molar-refractivity contribution in [3.63, 3.8) is 0 Å². The number of nitrogens with one attached hydrogen (secondary N) is 1. The third-order valence-corrected chi connectivity index (χ3v) is 5.43. The molecule has 0 radical (unpaired) electrons. The van der Waals surface area contributed by atoms with Crippen molar-refractivity contribution < 1.29 is 9.59 Å². The predicted octanol–water partition coefficient (Wildman–Crippen LogP) is 2.55. The molecule has 1 aromatic heterocycles. The smallest absolute Gasteiger partial charge is 0.256 e. The van der Waals surface area contributed by atoms with Crippen molar-refractivity contribution in [3.8, 4) is 0 Å². The molecular weight excluding hydrogens is 324 g/mol. The monoisotopic (exact) mass is 342 g/mol. The molecule has 7 heteroatoms. The van der Waals surface area contributed by atoms with E-state index in [9.17, 15) is 9.59 Å². The van der Waals surface area contributed by atoms with Gasteiger partial charge in [0, 0.05) is 48.3 Å². The fraction of sp³-hybridized carbons (Fsp3) is 0.353. The fourth-order valence-electron chi connectivity index (χ4n) is 3.19. The molecule has 6 nitrogen and oxygen atoms in total. The van der Waals surface area contributed by atoms with Crippen LogP contribution in [0.25, 0.3) is 0 Å². The highest BCUT2D eigenvalue weighted by Crippen LogP contribution is 2.34. The zero-order valence-corrected chi connectivity index (χ0v) is 14.2. The van der Waals surface area contributed by atoms with Gasteiger partial charge in [-0.2, -0.15) is 16.9 Å². The van der Waals surface area contributed by atoms with Crippen LogP contribution < -0.4 is 10.2 Å². The van der Waals surface area contributed by atoms with Crippen LogP contribution in [-0.4, -0.2) is 28.1 Å². The Morgan fingerprint density at radius 2 is 2.04 bits per heavy atom. The Bertz CT molecular complexity index is 813. The van der Waals surface area contributed by atoms with Gasteiger partial charge in [-0.05, 0) is 30.7 Å². The lowest BCUT2D eigenvalue weighted by molar-refractivity contribution is -0.117. The molecule has 0 unspecified atom stereocenters. The molecule has 0 saturated carbocycles. The molecule has 2 amide bonds. The van der Waals surface area contributed by atoms with Crippen molar-refractivity contribution in [2.24, 2.45) is 7.05 Å². The Balaban J connectivity index is 1.52. The highest BCUT2D eigenvalue weighted by molar-refractivity contribution is 7.98. The number of nitrogens with zero attached hydrogens (tertiary/aromatic N) is 3. The van der Waals surface area contributed by atoms with E-state index in [0.717, 1.165) is 47.2 Å². The summed E-state index contributed by atoms with van der Waals surface area (Å²) in [6, 6.07) is 7.20. The standard InChI is InChI=1S/C17H18N4O2S/c1-20-16(13-9-24-10-14(13)19-20)18-17(23)11-4-6-12(7-5-11)21-8-2-3-15(21)22/h4-7H,2-3,8-10H2,1H3,(H,18,23). The van der Waals surface area contributed by atoms with Crippen LogP contribution in [0.3, 0.4) is 0 Å². The Morgan fingerprint density at radius 3 is 2.75 bits per heavy atom.